The molecule has 0 spiro atoms. The zero-order valence-electron chi connectivity index (χ0n) is 25.3. The first kappa shape index (κ1) is 32.0. The zero-order chi connectivity index (χ0) is 33.1. The molecule has 0 fully saturated rings. The van der Waals surface area contributed by atoms with E-state index in [1.54, 1.807) is 42.5 Å². The fraction of sp³-hybridized carbons (Fsp3) is 0.250. The number of anilines is 1. The van der Waals surface area contributed by atoms with Gasteiger partial charge in [0.2, 0.25) is 0 Å². The molecule has 8 nitrogen and oxygen atoms in total. The average molecular weight is 658 g/mol. The lowest BCUT2D eigenvalue weighted by Gasteiger charge is -2.38. The highest BCUT2D eigenvalue weighted by Crippen LogP contribution is 2.47. The summed E-state index contributed by atoms with van der Waals surface area (Å²) in [5, 5.41) is -0.159. The molecule has 0 radical (unpaired) electrons. The van der Waals surface area contributed by atoms with Crippen molar-refractivity contribution in [1.82, 2.24) is 0 Å². The zero-order valence-corrected chi connectivity index (χ0v) is 27.1. The molecule has 236 valence electrons. The molecular weight excluding hydrogens is 627 g/mol. The summed E-state index contributed by atoms with van der Waals surface area (Å²) >= 11 is 0. The number of benzene rings is 3. The Morgan fingerprint density at radius 3 is 2.00 bits per heavy atom. The predicted octanol–water partition coefficient (Wildman–Crippen LogP) is 7.76. The number of carbonyl (C=O) groups is 1. The molecule has 0 unspecified atom stereocenters. The van der Waals surface area contributed by atoms with Crippen LogP contribution in [-0.4, -0.2) is 35.2 Å². The van der Waals surface area contributed by atoms with Crippen LogP contribution in [0.3, 0.4) is 0 Å². The van der Waals surface area contributed by atoms with E-state index in [1.807, 2.05) is 33.9 Å². The van der Waals surface area contributed by atoms with Gasteiger partial charge in [0, 0.05) is 29.6 Å². The molecule has 2 heterocycles. The lowest BCUT2D eigenvalue weighted by Crippen LogP contribution is -2.41. The third-order valence-corrected chi connectivity index (χ3v) is 13.4. The Balaban J connectivity index is 1.97. The summed E-state index contributed by atoms with van der Waals surface area (Å²) in [5.74, 6) is -1.69. The number of hydrogen-bond acceptors (Lipinski definition) is 7. The van der Waals surface area contributed by atoms with Crippen LogP contribution < -0.4 is 10.5 Å². The summed E-state index contributed by atoms with van der Waals surface area (Å²) in [5.41, 5.74) is -5.74. The van der Waals surface area contributed by atoms with Crippen molar-refractivity contribution in [2.45, 2.75) is 44.4 Å². The summed E-state index contributed by atoms with van der Waals surface area (Å²) in [6.07, 6.45) is 0. The van der Waals surface area contributed by atoms with Crippen molar-refractivity contribution in [2.24, 2.45) is 0 Å². The second kappa shape index (κ2) is 10.9. The highest BCUT2D eigenvalue weighted by Gasteiger charge is 2.50. The topological polar surface area (TPSA) is 103 Å². The van der Waals surface area contributed by atoms with Gasteiger partial charge < -0.3 is 17.9 Å². The third-order valence-electron chi connectivity index (χ3n) is 8.10. The minimum absolute atomic E-state index is 0.00302. The predicted molar refractivity (Wildman–Crippen MR) is 168 cm³/mol. The van der Waals surface area contributed by atoms with Gasteiger partial charge in [-0.15, -0.1) is 0 Å². The first-order chi connectivity index (χ1) is 20.8. The van der Waals surface area contributed by atoms with Gasteiger partial charge in [-0.05, 0) is 47.5 Å². The minimum atomic E-state index is -6.26. The molecule has 0 bridgehead atoms. The van der Waals surface area contributed by atoms with Crippen LogP contribution >= 0.6 is 0 Å². The molecule has 4 aromatic rings. The van der Waals surface area contributed by atoms with Crippen LogP contribution in [0.5, 0.6) is 0 Å². The van der Waals surface area contributed by atoms with Gasteiger partial charge in [-0.25, -0.2) is 4.79 Å². The van der Waals surface area contributed by atoms with Crippen LogP contribution in [0.4, 0.5) is 18.9 Å². The van der Waals surface area contributed by atoms with Crippen LogP contribution in [0.2, 0.25) is 18.1 Å². The molecule has 0 N–H and O–H groups in total. The van der Waals surface area contributed by atoms with Gasteiger partial charge >= 0.3 is 21.3 Å². The molecule has 1 aromatic heterocycles. The summed E-state index contributed by atoms with van der Waals surface area (Å²) < 4.78 is 84.0. The lowest BCUT2D eigenvalue weighted by molar-refractivity contribution is -0.0509. The Morgan fingerprint density at radius 2 is 1.40 bits per heavy atom. The van der Waals surface area contributed by atoms with Crippen molar-refractivity contribution < 1.29 is 39.4 Å². The number of nitrogens with zero attached hydrogens (tertiary/aromatic N) is 1. The van der Waals surface area contributed by atoms with Crippen LogP contribution in [-0.2, 0) is 18.7 Å². The normalized spacial score (nSPS) is 16.1. The van der Waals surface area contributed by atoms with Gasteiger partial charge in [0.15, 0.2) is 11.5 Å². The van der Waals surface area contributed by atoms with E-state index >= 15 is 0 Å². The number of hydrogen-bond donors (Lipinski definition) is 0. The van der Waals surface area contributed by atoms with Crippen molar-refractivity contribution >= 4 is 52.5 Å². The van der Waals surface area contributed by atoms with Crippen LogP contribution in [0.25, 0.3) is 33.6 Å². The first-order valence-electron chi connectivity index (χ1n) is 13.8. The molecular formula is C32H30F3NO7SSi. The SMILES string of the molecule is CN1C(=O)c2ccccc2/C(O[Si](C)(C)C(C)(C)C)=C(/OS(=O)(=O)C(F)(F)F)c2cc3oc(=O)cc(-c4ccccc4)c3cc21. The summed E-state index contributed by atoms with van der Waals surface area (Å²) in [7, 11) is -7.80. The maximum Gasteiger partial charge on any atom is 0.534 e. The van der Waals surface area contributed by atoms with Crippen LogP contribution in [0, 0.1) is 0 Å². The quantitative estimate of drug-likeness (QED) is 0.0935. The van der Waals surface area contributed by atoms with Crippen molar-refractivity contribution in [2.75, 3.05) is 11.9 Å². The van der Waals surface area contributed by atoms with Crippen molar-refractivity contribution in [3.63, 3.8) is 0 Å². The van der Waals surface area contributed by atoms with Crippen molar-refractivity contribution in [3.8, 4) is 11.1 Å². The molecule has 1 aliphatic rings. The monoisotopic (exact) mass is 657 g/mol. The van der Waals surface area contributed by atoms with Gasteiger partial charge in [0.1, 0.15) is 5.58 Å². The van der Waals surface area contributed by atoms with Gasteiger partial charge in [-0.1, -0.05) is 69.3 Å². The van der Waals surface area contributed by atoms with Gasteiger partial charge in [0.25, 0.3) is 14.2 Å². The lowest BCUT2D eigenvalue weighted by atomic mass is 9.95. The molecule has 0 atom stereocenters. The third kappa shape index (κ3) is 5.77. The molecule has 3 aromatic carbocycles. The summed E-state index contributed by atoms with van der Waals surface area (Å²) in [6, 6.07) is 18.8. The maximum atomic E-state index is 14.0. The number of carbonyl (C=O) groups excluding carboxylic acids is 1. The molecule has 45 heavy (non-hydrogen) atoms. The smallest absolute Gasteiger partial charge is 0.534 e. The molecule has 0 aliphatic carbocycles. The van der Waals surface area contributed by atoms with E-state index in [0.29, 0.717) is 16.5 Å². The standard InChI is InChI=1S/C32H30F3NO7SSi/c1-31(2,3)45(5,6)43-29-20-14-10-11-15-21(20)30(38)36(4)25-16-23-22(19-12-8-7-9-13-19)18-27(37)41-26(23)17-24(25)28(29)42-44(39,40)32(33,34)35/h7-18H,1-6H3/b29-28-. The van der Waals surface area contributed by atoms with Gasteiger partial charge in [-0.2, -0.15) is 21.6 Å². The number of alkyl halides is 3. The number of amides is 1. The molecule has 0 saturated carbocycles. The molecule has 13 heteroatoms. The van der Waals surface area contributed by atoms with Gasteiger partial charge in [-0.3, -0.25) is 4.79 Å². The number of fused-ring (bicyclic) bond motifs is 3. The number of rotatable bonds is 5. The Kier molecular flexibility index (Phi) is 7.77. The average Bonchev–Trinajstić information content (AvgIpc) is 2.96. The fourth-order valence-electron chi connectivity index (χ4n) is 4.66. The summed E-state index contributed by atoms with van der Waals surface area (Å²) in [6.45, 7) is 9.31. The highest BCUT2D eigenvalue weighted by molar-refractivity contribution is 7.87. The van der Waals surface area contributed by atoms with E-state index in [2.05, 4.69) is 0 Å². The van der Waals surface area contributed by atoms with E-state index in [4.69, 9.17) is 13.0 Å². The largest absolute Gasteiger partial charge is 0.541 e. The Bertz CT molecular complexity index is 2030. The molecule has 5 rings (SSSR count). The van der Waals surface area contributed by atoms with Crippen molar-refractivity contribution in [3.05, 3.63) is 99.9 Å². The Hall–Kier alpha value is -4.36. The molecule has 1 aliphatic heterocycles. The Morgan fingerprint density at radius 1 is 0.800 bits per heavy atom. The summed E-state index contributed by atoms with van der Waals surface area (Å²) in [4.78, 5) is 27.9. The van der Waals surface area contributed by atoms with Gasteiger partial charge in [0.05, 0.1) is 11.3 Å². The maximum absolute atomic E-state index is 14.0. The van der Waals surface area contributed by atoms with E-state index in [9.17, 15) is 31.2 Å². The minimum Gasteiger partial charge on any atom is -0.541 e. The second-order valence-corrected chi connectivity index (χ2v) is 18.4. The number of halogens is 3. The first-order valence-corrected chi connectivity index (χ1v) is 18.1. The van der Waals surface area contributed by atoms with Crippen LogP contribution in [0.1, 0.15) is 42.3 Å². The molecule has 0 saturated heterocycles. The van der Waals surface area contributed by atoms with E-state index in [1.165, 1.54) is 42.3 Å². The van der Waals surface area contributed by atoms with Crippen molar-refractivity contribution in [1.29, 1.82) is 0 Å². The van der Waals surface area contributed by atoms with Crippen LogP contribution in [0.15, 0.2) is 82.0 Å². The van der Waals surface area contributed by atoms with E-state index < -0.39 is 46.3 Å². The molecule has 1 amide bonds. The fourth-order valence-corrected chi connectivity index (χ4v) is 6.16. The van der Waals surface area contributed by atoms with E-state index in [0.717, 1.165) is 0 Å². The van der Waals surface area contributed by atoms with E-state index in [-0.39, 0.29) is 33.7 Å². The Labute approximate surface area is 258 Å². The highest BCUT2D eigenvalue weighted by atomic mass is 32.2. The second-order valence-electron chi connectivity index (χ2n) is 12.1.